The maximum atomic E-state index is 12.8. The van der Waals surface area contributed by atoms with E-state index in [1.165, 1.54) is 0 Å². The lowest BCUT2D eigenvalue weighted by atomic mass is 10.1. The molecule has 1 amide bonds. The number of ether oxygens (including phenoxy) is 1. The molecule has 128 valence electrons. The molecule has 1 aliphatic rings. The van der Waals surface area contributed by atoms with Gasteiger partial charge in [-0.15, -0.1) is 12.4 Å². The van der Waals surface area contributed by atoms with Gasteiger partial charge in [0.1, 0.15) is 12.4 Å². The summed E-state index contributed by atoms with van der Waals surface area (Å²) in [6.45, 7) is 4.83. The Labute approximate surface area is 149 Å². The topological polar surface area (TPSA) is 41.6 Å². The predicted octanol–water partition coefficient (Wildman–Crippen LogP) is 3.12. The Bertz CT molecular complexity index is 663. The number of hydrogen-bond donors (Lipinski definition) is 1. The summed E-state index contributed by atoms with van der Waals surface area (Å²) < 4.78 is 5.81. The summed E-state index contributed by atoms with van der Waals surface area (Å²) in [6, 6.07) is 17.7. The van der Waals surface area contributed by atoms with Gasteiger partial charge in [-0.3, -0.25) is 4.79 Å². The van der Waals surface area contributed by atoms with E-state index in [1.54, 1.807) is 0 Å². The lowest BCUT2D eigenvalue weighted by molar-refractivity contribution is 0.0706. The van der Waals surface area contributed by atoms with Crippen LogP contribution in [-0.4, -0.2) is 36.5 Å². The summed E-state index contributed by atoms with van der Waals surface area (Å²) in [5, 5.41) is 3.36. The first kappa shape index (κ1) is 18.3. The number of piperazine rings is 1. The fourth-order valence-electron chi connectivity index (χ4n) is 2.82. The second-order valence-electron chi connectivity index (χ2n) is 5.87. The first-order valence-electron chi connectivity index (χ1n) is 8.02. The Morgan fingerprint density at radius 3 is 2.62 bits per heavy atom. The number of amides is 1. The highest BCUT2D eigenvalue weighted by molar-refractivity contribution is 5.95. The van der Waals surface area contributed by atoms with Gasteiger partial charge >= 0.3 is 0 Å². The molecule has 4 nitrogen and oxygen atoms in total. The number of rotatable bonds is 4. The summed E-state index contributed by atoms with van der Waals surface area (Å²) in [6.07, 6.45) is 0. The van der Waals surface area contributed by atoms with E-state index in [4.69, 9.17) is 4.74 Å². The maximum Gasteiger partial charge on any atom is 0.254 e. The van der Waals surface area contributed by atoms with Gasteiger partial charge in [-0.05, 0) is 25.1 Å². The largest absolute Gasteiger partial charge is 0.489 e. The number of benzene rings is 2. The molecule has 0 radical (unpaired) electrons. The second-order valence-corrected chi connectivity index (χ2v) is 5.87. The molecular formula is C19H23ClN2O2. The van der Waals surface area contributed by atoms with Gasteiger partial charge in [-0.25, -0.2) is 0 Å². The van der Waals surface area contributed by atoms with Gasteiger partial charge in [-0.1, -0.05) is 36.4 Å². The molecule has 1 saturated heterocycles. The minimum atomic E-state index is 0. The average Bonchev–Trinajstić information content (AvgIpc) is 2.60. The van der Waals surface area contributed by atoms with Crippen molar-refractivity contribution in [1.82, 2.24) is 10.2 Å². The minimum Gasteiger partial charge on any atom is -0.489 e. The molecule has 0 spiro atoms. The van der Waals surface area contributed by atoms with E-state index >= 15 is 0 Å². The van der Waals surface area contributed by atoms with Crippen molar-refractivity contribution in [3.8, 4) is 5.75 Å². The molecular weight excluding hydrogens is 324 g/mol. The van der Waals surface area contributed by atoms with Gasteiger partial charge in [0.2, 0.25) is 0 Å². The predicted molar refractivity (Wildman–Crippen MR) is 97.8 cm³/mol. The van der Waals surface area contributed by atoms with Crippen molar-refractivity contribution in [1.29, 1.82) is 0 Å². The molecule has 2 aromatic carbocycles. The number of nitrogens with zero attached hydrogens (tertiary/aromatic N) is 1. The smallest absolute Gasteiger partial charge is 0.254 e. The summed E-state index contributed by atoms with van der Waals surface area (Å²) in [5.74, 6) is 0.899. The molecule has 1 N–H and O–H groups in total. The number of hydrogen-bond acceptors (Lipinski definition) is 3. The van der Waals surface area contributed by atoms with E-state index in [0.717, 1.165) is 36.5 Å². The van der Waals surface area contributed by atoms with Crippen LogP contribution < -0.4 is 10.1 Å². The zero-order valence-corrected chi connectivity index (χ0v) is 14.6. The normalized spacial score (nSPS) is 17.0. The third kappa shape index (κ3) is 4.49. The van der Waals surface area contributed by atoms with Crippen molar-refractivity contribution >= 4 is 18.3 Å². The van der Waals surface area contributed by atoms with Crippen LogP contribution in [0.4, 0.5) is 0 Å². The average molecular weight is 347 g/mol. The van der Waals surface area contributed by atoms with E-state index in [1.807, 2.05) is 59.5 Å². The van der Waals surface area contributed by atoms with Crippen molar-refractivity contribution in [2.45, 2.75) is 19.6 Å². The van der Waals surface area contributed by atoms with Crippen LogP contribution in [0.25, 0.3) is 0 Å². The molecule has 1 heterocycles. The fourth-order valence-corrected chi connectivity index (χ4v) is 2.82. The Hall–Kier alpha value is -2.04. The molecule has 1 fully saturated rings. The number of halogens is 1. The lowest BCUT2D eigenvalue weighted by Gasteiger charge is -2.32. The zero-order valence-electron chi connectivity index (χ0n) is 13.8. The van der Waals surface area contributed by atoms with Gasteiger partial charge in [0, 0.05) is 36.8 Å². The molecule has 24 heavy (non-hydrogen) atoms. The van der Waals surface area contributed by atoms with Crippen molar-refractivity contribution < 1.29 is 9.53 Å². The Morgan fingerprint density at radius 1 is 1.17 bits per heavy atom. The highest BCUT2D eigenvalue weighted by Gasteiger charge is 2.23. The first-order chi connectivity index (χ1) is 11.2. The van der Waals surface area contributed by atoms with Gasteiger partial charge in [0.15, 0.2) is 0 Å². The Balaban J connectivity index is 0.00000208. The maximum absolute atomic E-state index is 12.8. The molecule has 5 heteroatoms. The van der Waals surface area contributed by atoms with Crippen molar-refractivity contribution in [3.63, 3.8) is 0 Å². The summed E-state index contributed by atoms with van der Waals surface area (Å²) in [7, 11) is 0. The van der Waals surface area contributed by atoms with E-state index in [2.05, 4.69) is 12.2 Å². The highest BCUT2D eigenvalue weighted by atomic mass is 35.5. The molecule has 0 bridgehead atoms. The van der Waals surface area contributed by atoms with Gasteiger partial charge in [0.05, 0.1) is 0 Å². The summed E-state index contributed by atoms with van der Waals surface area (Å²) in [5.41, 5.74) is 1.66. The highest BCUT2D eigenvalue weighted by Crippen LogP contribution is 2.17. The molecule has 2 aromatic rings. The molecule has 1 unspecified atom stereocenters. The van der Waals surface area contributed by atoms with Crippen LogP contribution in [0.3, 0.4) is 0 Å². The Morgan fingerprint density at radius 2 is 1.88 bits per heavy atom. The molecule has 1 aliphatic heterocycles. The molecule has 0 aliphatic carbocycles. The number of carbonyl (C=O) groups is 1. The quantitative estimate of drug-likeness (QED) is 0.924. The first-order valence-corrected chi connectivity index (χ1v) is 8.02. The van der Waals surface area contributed by atoms with Gasteiger partial charge in [0.25, 0.3) is 5.91 Å². The fraction of sp³-hybridized carbons (Fsp3) is 0.316. The molecule has 0 aromatic heterocycles. The van der Waals surface area contributed by atoms with Gasteiger partial charge in [-0.2, -0.15) is 0 Å². The third-order valence-electron chi connectivity index (χ3n) is 4.04. The van der Waals surface area contributed by atoms with Crippen LogP contribution in [0.5, 0.6) is 5.75 Å². The summed E-state index contributed by atoms with van der Waals surface area (Å²) >= 11 is 0. The monoisotopic (exact) mass is 346 g/mol. The summed E-state index contributed by atoms with van der Waals surface area (Å²) in [4.78, 5) is 14.7. The number of nitrogens with one attached hydrogen (secondary N) is 1. The van der Waals surface area contributed by atoms with Crippen molar-refractivity contribution in [2.24, 2.45) is 0 Å². The molecule has 0 saturated carbocycles. The van der Waals surface area contributed by atoms with Crippen LogP contribution >= 0.6 is 12.4 Å². The van der Waals surface area contributed by atoms with E-state index in [9.17, 15) is 4.79 Å². The van der Waals surface area contributed by atoms with Crippen LogP contribution in [0.15, 0.2) is 54.6 Å². The van der Waals surface area contributed by atoms with Crippen molar-refractivity contribution in [2.75, 3.05) is 19.6 Å². The van der Waals surface area contributed by atoms with E-state index < -0.39 is 0 Å². The lowest BCUT2D eigenvalue weighted by Crippen LogP contribution is -2.51. The van der Waals surface area contributed by atoms with Crippen LogP contribution in [0.2, 0.25) is 0 Å². The van der Waals surface area contributed by atoms with E-state index in [-0.39, 0.29) is 18.3 Å². The number of para-hydroxylation sites is 1. The SMILES string of the molecule is CC1CN(C(=O)c2ccccc2COc2ccccc2)CCN1.Cl. The standard InChI is InChI=1S/C19H22N2O2.ClH/c1-15-13-21(12-11-20-15)19(22)18-10-6-5-7-16(18)14-23-17-8-3-2-4-9-17;/h2-10,15,20H,11-14H2,1H3;1H. The van der Waals surface area contributed by atoms with E-state index in [0.29, 0.717) is 12.6 Å². The van der Waals surface area contributed by atoms with Crippen LogP contribution in [0, 0.1) is 0 Å². The molecule has 3 rings (SSSR count). The second kappa shape index (κ2) is 8.71. The van der Waals surface area contributed by atoms with Crippen molar-refractivity contribution in [3.05, 3.63) is 65.7 Å². The minimum absolute atomic E-state index is 0. The Kier molecular flexibility index (Phi) is 6.64. The third-order valence-corrected chi connectivity index (χ3v) is 4.04. The number of carbonyl (C=O) groups excluding carboxylic acids is 1. The van der Waals surface area contributed by atoms with Gasteiger partial charge < -0.3 is 15.0 Å². The van der Waals surface area contributed by atoms with Crippen LogP contribution in [0.1, 0.15) is 22.8 Å². The molecule has 1 atom stereocenters. The zero-order chi connectivity index (χ0) is 16.1. The van der Waals surface area contributed by atoms with Crippen LogP contribution in [-0.2, 0) is 6.61 Å².